The predicted octanol–water partition coefficient (Wildman–Crippen LogP) is 6.06. The number of aryl methyl sites for hydroxylation is 1. The van der Waals surface area contributed by atoms with Gasteiger partial charge in [-0.25, -0.2) is 9.97 Å². The standard InChI is InChI=1S/C19H14ClN3S/c1-12-10-16-18(21-15-9-5-8-14(20)11-15)22-17(23-19(16)24-12)13-6-3-2-4-7-13/h2-11H,1H3,(H,21,22,23). The van der Waals surface area contributed by atoms with Crippen LogP contribution < -0.4 is 5.32 Å². The highest BCUT2D eigenvalue weighted by molar-refractivity contribution is 7.18. The predicted molar refractivity (Wildman–Crippen MR) is 102 cm³/mol. The molecule has 0 aliphatic rings. The summed E-state index contributed by atoms with van der Waals surface area (Å²) in [6, 6.07) is 19.8. The second-order valence-electron chi connectivity index (χ2n) is 5.47. The summed E-state index contributed by atoms with van der Waals surface area (Å²) in [4.78, 5) is 11.7. The van der Waals surface area contributed by atoms with Crippen LogP contribution in [-0.2, 0) is 0 Å². The summed E-state index contributed by atoms with van der Waals surface area (Å²) in [7, 11) is 0. The van der Waals surface area contributed by atoms with Crippen molar-refractivity contribution in [1.29, 1.82) is 0 Å². The van der Waals surface area contributed by atoms with Crippen molar-refractivity contribution in [3.05, 3.63) is 70.6 Å². The molecule has 0 aliphatic carbocycles. The maximum atomic E-state index is 6.09. The molecular weight excluding hydrogens is 338 g/mol. The molecule has 0 saturated heterocycles. The van der Waals surface area contributed by atoms with E-state index >= 15 is 0 Å². The SMILES string of the molecule is Cc1cc2c(Nc3cccc(Cl)c3)nc(-c3ccccc3)nc2s1. The number of rotatable bonds is 3. The van der Waals surface area contributed by atoms with Gasteiger partial charge in [-0.05, 0) is 31.2 Å². The zero-order valence-corrected chi connectivity index (χ0v) is 14.5. The lowest BCUT2D eigenvalue weighted by molar-refractivity contribution is 1.23. The van der Waals surface area contributed by atoms with Crippen molar-refractivity contribution in [2.24, 2.45) is 0 Å². The average molecular weight is 352 g/mol. The van der Waals surface area contributed by atoms with Crippen LogP contribution in [0.2, 0.25) is 5.02 Å². The number of nitrogens with one attached hydrogen (secondary N) is 1. The molecule has 0 radical (unpaired) electrons. The first-order chi connectivity index (χ1) is 11.7. The highest BCUT2D eigenvalue weighted by atomic mass is 35.5. The molecule has 0 bridgehead atoms. The van der Waals surface area contributed by atoms with Crippen molar-refractivity contribution >= 4 is 44.7 Å². The molecule has 0 aliphatic heterocycles. The maximum Gasteiger partial charge on any atom is 0.163 e. The minimum atomic E-state index is 0.690. The van der Waals surface area contributed by atoms with E-state index in [1.54, 1.807) is 11.3 Å². The third-order valence-electron chi connectivity index (χ3n) is 3.64. The van der Waals surface area contributed by atoms with Crippen LogP contribution in [0, 0.1) is 6.92 Å². The summed E-state index contributed by atoms with van der Waals surface area (Å²) < 4.78 is 0. The van der Waals surface area contributed by atoms with E-state index in [0.717, 1.165) is 33.1 Å². The molecule has 0 unspecified atom stereocenters. The van der Waals surface area contributed by atoms with Gasteiger partial charge < -0.3 is 5.32 Å². The zero-order valence-electron chi connectivity index (χ0n) is 13.0. The Morgan fingerprint density at radius 2 is 1.79 bits per heavy atom. The van der Waals surface area contributed by atoms with E-state index in [0.29, 0.717) is 5.02 Å². The van der Waals surface area contributed by atoms with E-state index in [-0.39, 0.29) is 0 Å². The molecule has 4 aromatic rings. The number of anilines is 2. The Hall–Kier alpha value is -2.43. The van der Waals surface area contributed by atoms with E-state index in [2.05, 4.69) is 18.3 Å². The topological polar surface area (TPSA) is 37.8 Å². The monoisotopic (exact) mass is 351 g/mol. The molecule has 0 spiro atoms. The largest absolute Gasteiger partial charge is 0.340 e. The first-order valence-electron chi connectivity index (χ1n) is 7.55. The van der Waals surface area contributed by atoms with Crippen LogP contribution in [0.5, 0.6) is 0 Å². The smallest absolute Gasteiger partial charge is 0.163 e. The molecule has 0 fully saturated rings. The van der Waals surface area contributed by atoms with Crippen LogP contribution >= 0.6 is 22.9 Å². The van der Waals surface area contributed by atoms with Gasteiger partial charge in [0.1, 0.15) is 10.6 Å². The van der Waals surface area contributed by atoms with E-state index in [1.165, 1.54) is 4.88 Å². The Balaban J connectivity index is 1.86. The average Bonchev–Trinajstić information content (AvgIpc) is 2.96. The Kier molecular flexibility index (Phi) is 3.92. The van der Waals surface area contributed by atoms with E-state index in [9.17, 15) is 0 Å². The number of halogens is 1. The van der Waals surface area contributed by atoms with Crippen molar-refractivity contribution in [2.75, 3.05) is 5.32 Å². The van der Waals surface area contributed by atoms with E-state index < -0.39 is 0 Å². The number of thiophene rings is 1. The number of hydrogen-bond acceptors (Lipinski definition) is 4. The van der Waals surface area contributed by atoms with Crippen LogP contribution in [0.3, 0.4) is 0 Å². The van der Waals surface area contributed by atoms with Crippen LogP contribution in [0.15, 0.2) is 60.7 Å². The molecule has 2 aromatic heterocycles. The van der Waals surface area contributed by atoms with Crippen molar-refractivity contribution in [3.63, 3.8) is 0 Å². The Morgan fingerprint density at radius 1 is 0.958 bits per heavy atom. The molecule has 118 valence electrons. The zero-order chi connectivity index (χ0) is 16.5. The van der Waals surface area contributed by atoms with Gasteiger partial charge in [0.05, 0.1) is 5.39 Å². The van der Waals surface area contributed by atoms with Gasteiger partial charge in [0.25, 0.3) is 0 Å². The van der Waals surface area contributed by atoms with Gasteiger partial charge in [-0.15, -0.1) is 11.3 Å². The van der Waals surface area contributed by atoms with Gasteiger partial charge in [-0.2, -0.15) is 0 Å². The molecule has 0 atom stereocenters. The van der Waals surface area contributed by atoms with Crippen molar-refractivity contribution in [1.82, 2.24) is 9.97 Å². The normalized spacial score (nSPS) is 10.9. The number of nitrogens with zero attached hydrogens (tertiary/aromatic N) is 2. The second kappa shape index (κ2) is 6.23. The third kappa shape index (κ3) is 2.98. The van der Waals surface area contributed by atoms with Gasteiger partial charge in [-0.1, -0.05) is 48.0 Å². The summed E-state index contributed by atoms with van der Waals surface area (Å²) >= 11 is 7.76. The number of hydrogen-bond donors (Lipinski definition) is 1. The molecule has 1 N–H and O–H groups in total. The molecule has 0 amide bonds. The van der Waals surface area contributed by atoms with E-state index in [4.69, 9.17) is 21.6 Å². The fourth-order valence-electron chi connectivity index (χ4n) is 2.56. The Morgan fingerprint density at radius 3 is 2.58 bits per heavy atom. The van der Waals surface area contributed by atoms with Gasteiger partial charge in [0, 0.05) is 21.2 Å². The molecule has 0 saturated carbocycles. The van der Waals surface area contributed by atoms with E-state index in [1.807, 2.05) is 54.6 Å². The first-order valence-corrected chi connectivity index (χ1v) is 8.75. The van der Waals surface area contributed by atoms with Crippen LogP contribution in [0.25, 0.3) is 21.6 Å². The number of fused-ring (bicyclic) bond motifs is 1. The second-order valence-corrected chi connectivity index (χ2v) is 7.14. The maximum absolute atomic E-state index is 6.09. The molecule has 5 heteroatoms. The Bertz CT molecular complexity index is 1010. The van der Waals surface area contributed by atoms with Crippen molar-refractivity contribution in [3.8, 4) is 11.4 Å². The lowest BCUT2D eigenvalue weighted by Gasteiger charge is -2.09. The Labute approximate surface area is 149 Å². The summed E-state index contributed by atoms with van der Waals surface area (Å²) in [5.74, 6) is 1.51. The highest BCUT2D eigenvalue weighted by Gasteiger charge is 2.12. The molecule has 3 nitrogen and oxygen atoms in total. The molecule has 24 heavy (non-hydrogen) atoms. The molecule has 2 heterocycles. The van der Waals surface area contributed by atoms with Crippen LogP contribution in [-0.4, -0.2) is 9.97 Å². The summed E-state index contributed by atoms with van der Waals surface area (Å²) in [5.41, 5.74) is 1.91. The number of benzene rings is 2. The van der Waals surface area contributed by atoms with Gasteiger partial charge in [0.15, 0.2) is 5.82 Å². The van der Waals surface area contributed by atoms with Crippen molar-refractivity contribution < 1.29 is 0 Å². The van der Waals surface area contributed by atoms with Crippen LogP contribution in [0.4, 0.5) is 11.5 Å². The third-order valence-corrected chi connectivity index (χ3v) is 4.81. The van der Waals surface area contributed by atoms with Gasteiger partial charge in [0.2, 0.25) is 0 Å². The first kappa shape index (κ1) is 15.1. The fourth-order valence-corrected chi connectivity index (χ4v) is 3.63. The van der Waals surface area contributed by atoms with Crippen LogP contribution in [0.1, 0.15) is 4.88 Å². The minimum absolute atomic E-state index is 0.690. The summed E-state index contributed by atoms with van der Waals surface area (Å²) in [6.07, 6.45) is 0. The number of aromatic nitrogens is 2. The lowest BCUT2D eigenvalue weighted by Crippen LogP contribution is -1.98. The fraction of sp³-hybridized carbons (Fsp3) is 0.0526. The summed E-state index contributed by atoms with van der Waals surface area (Å²) in [5, 5.41) is 5.10. The van der Waals surface area contributed by atoms with Gasteiger partial charge >= 0.3 is 0 Å². The molecule has 4 rings (SSSR count). The molecular formula is C19H14ClN3S. The lowest BCUT2D eigenvalue weighted by atomic mass is 10.2. The minimum Gasteiger partial charge on any atom is -0.340 e. The van der Waals surface area contributed by atoms with Crippen molar-refractivity contribution in [2.45, 2.75) is 6.92 Å². The highest BCUT2D eigenvalue weighted by Crippen LogP contribution is 2.32. The summed E-state index contributed by atoms with van der Waals surface area (Å²) in [6.45, 7) is 2.08. The molecule has 2 aromatic carbocycles. The van der Waals surface area contributed by atoms with Gasteiger partial charge in [-0.3, -0.25) is 0 Å². The quantitative estimate of drug-likeness (QED) is 0.487.